The van der Waals surface area contributed by atoms with Crippen molar-refractivity contribution in [1.29, 1.82) is 0 Å². The molecule has 1 saturated heterocycles. The van der Waals surface area contributed by atoms with Crippen LogP contribution in [0.15, 0.2) is 36.4 Å². The molecule has 16 heteroatoms. The van der Waals surface area contributed by atoms with Crippen LogP contribution in [0.4, 0.5) is 17.6 Å². The molecule has 0 aromatic heterocycles. The van der Waals surface area contributed by atoms with E-state index < -0.39 is 92.1 Å². The van der Waals surface area contributed by atoms with E-state index in [1.807, 2.05) is 17.7 Å². The van der Waals surface area contributed by atoms with Gasteiger partial charge in [0.1, 0.15) is 29.1 Å². The Hall–Kier alpha value is -3.53. The van der Waals surface area contributed by atoms with Gasteiger partial charge in [0.05, 0.1) is 23.7 Å². The molecule has 0 spiro atoms. The first-order valence-electron chi connectivity index (χ1n) is 16.0. The normalized spacial score (nSPS) is 32.9. The number of carbonyl (C=O) groups is 4. The minimum Gasteiger partial charge on any atom is -0.457 e. The molecule has 2 saturated carbocycles. The molecule has 0 radical (unpaired) electrons. The van der Waals surface area contributed by atoms with Crippen molar-refractivity contribution in [2.75, 3.05) is 13.2 Å². The quantitative estimate of drug-likeness (QED) is 0.232. The zero-order chi connectivity index (χ0) is 35.2. The van der Waals surface area contributed by atoms with Gasteiger partial charge in [-0.15, -0.1) is 0 Å². The predicted molar refractivity (Wildman–Crippen MR) is 164 cm³/mol. The van der Waals surface area contributed by atoms with Gasteiger partial charge in [0, 0.05) is 12.3 Å². The number of benzene rings is 1. The summed E-state index contributed by atoms with van der Waals surface area (Å²) in [4.78, 5) is 55.4. The Balaban J connectivity index is 1.43. The van der Waals surface area contributed by atoms with Gasteiger partial charge in [0.15, 0.2) is 0 Å². The SMILES string of the molecule is CC1CC/C=C\[C@@H]2C[C@@]2(C(=O)NS(=O)(=O)C2(CF)CC2)NC(=O)[C@@H]2C[C@@H](OC(=O)c3ccccc3C(F)(F)F)CN2C(=O)[C@@H](N)[C@H](C)C1. The molecule has 1 unspecified atom stereocenters. The van der Waals surface area contributed by atoms with Gasteiger partial charge in [-0.05, 0) is 62.5 Å². The van der Waals surface area contributed by atoms with Crippen LogP contribution < -0.4 is 15.8 Å². The molecule has 264 valence electrons. The molecule has 5 rings (SSSR count). The number of amides is 3. The molecule has 0 bridgehead atoms. The molecule has 4 N–H and O–H groups in total. The zero-order valence-electron chi connectivity index (χ0n) is 26.6. The minimum atomic E-state index is -4.85. The van der Waals surface area contributed by atoms with Crippen LogP contribution >= 0.6 is 0 Å². The second-order valence-corrected chi connectivity index (χ2v) is 15.8. The number of sulfonamides is 1. The number of hydrogen-bond donors (Lipinski definition) is 3. The van der Waals surface area contributed by atoms with Gasteiger partial charge < -0.3 is 20.7 Å². The molecule has 1 aromatic rings. The summed E-state index contributed by atoms with van der Waals surface area (Å²) in [7, 11) is -4.42. The fourth-order valence-electron chi connectivity index (χ4n) is 6.69. The van der Waals surface area contributed by atoms with Gasteiger partial charge in [0.2, 0.25) is 21.8 Å². The third-order valence-electron chi connectivity index (χ3n) is 10.1. The number of ether oxygens (including phenoxy) is 1. The molecular formula is C32H40F4N4O7S. The fourth-order valence-corrected chi connectivity index (χ4v) is 8.12. The topological polar surface area (TPSA) is 165 Å². The zero-order valence-corrected chi connectivity index (χ0v) is 27.4. The van der Waals surface area contributed by atoms with Crippen LogP contribution in [0.5, 0.6) is 0 Å². The summed E-state index contributed by atoms with van der Waals surface area (Å²) < 4.78 is 86.0. The van der Waals surface area contributed by atoms with E-state index in [1.54, 1.807) is 13.0 Å². The predicted octanol–water partition coefficient (Wildman–Crippen LogP) is 2.99. The van der Waals surface area contributed by atoms with Crippen molar-refractivity contribution >= 4 is 33.7 Å². The lowest BCUT2D eigenvalue weighted by Gasteiger charge is -2.30. The van der Waals surface area contributed by atoms with E-state index in [0.29, 0.717) is 12.8 Å². The number of nitrogens with one attached hydrogen (secondary N) is 2. The standard InChI is InChI=1S/C32H40F4N4O7S/c1-18-7-3-4-8-20-15-31(20,29(44)39-48(45,46)30(17-33)11-12-30)38-26(41)24-14-21(16-40(24)27(42)25(37)19(2)13-18)47-28(43)22-9-5-6-10-23(22)32(34,35)36/h4-6,8-10,18-21,24-25H,3,7,11-17,37H2,1-2H3,(H,38,41)(H,39,44)/b8-4-/t18?,19-,20-,21-,24+,25+,31-/m1/s1. The molecule has 2 heterocycles. The van der Waals surface area contributed by atoms with Crippen LogP contribution in [0.1, 0.15) is 74.7 Å². The van der Waals surface area contributed by atoms with E-state index in [1.165, 1.54) is 6.07 Å². The highest BCUT2D eigenvalue weighted by Gasteiger charge is 2.64. The number of halogens is 4. The molecule has 3 fully saturated rings. The van der Waals surface area contributed by atoms with Crippen LogP contribution in [0.2, 0.25) is 0 Å². The monoisotopic (exact) mass is 700 g/mol. The van der Waals surface area contributed by atoms with Crippen LogP contribution in [0.25, 0.3) is 0 Å². The maximum absolute atomic E-state index is 13.9. The third-order valence-corrected chi connectivity index (χ3v) is 12.2. The summed E-state index contributed by atoms with van der Waals surface area (Å²) in [6.07, 6.45) is -0.813. The average molecular weight is 701 g/mol. The van der Waals surface area contributed by atoms with Crippen molar-refractivity contribution in [1.82, 2.24) is 14.9 Å². The number of alkyl halides is 4. The Kier molecular flexibility index (Phi) is 9.74. The highest BCUT2D eigenvalue weighted by Crippen LogP contribution is 2.48. The first kappa shape index (κ1) is 35.8. The molecule has 11 nitrogen and oxygen atoms in total. The van der Waals surface area contributed by atoms with Gasteiger partial charge in [-0.1, -0.05) is 38.1 Å². The number of rotatable bonds is 6. The van der Waals surface area contributed by atoms with E-state index >= 15 is 0 Å². The Morgan fingerprint density at radius 2 is 1.83 bits per heavy atom. The van der Waals surface area contributed by atoms with Crippen molar-refractivity contribution in [2.24, 2.45) is 23.5 Å². The van der Waals surface area contributed by atoms with Crippen molar-refractivity contribution < 1.29 is 49.9 Å². The number of nitrogens with two attached hydrogens (primary N) is 1. The Morgan fingerprint density at radius 1 is 1.15 bits per heavy atom. The second kappa shape index (κ2) is 13.1. The number of nitrogens with zero attached hydrogens (tertiary/aromatic N) is 1. The van der Waals surface area contributed by atoms with Gasteiger partial charge >= 0.3 is 12.1 Å². The lowest BCUT2D eigenvalue weighted by Crippen LogP contribution is -2.58. The summed E-state index contributed by atoms with van der Waals surface area (Å²) in [6.45, 7) is 2.25. The van der Waals surface area contributed by atoms with Crippen LogP contribution in [0, 0.1) is 17.8 Å². The molecule has 2 aliphatic carbocycles. The van der Waals surface area contributed by atoms with Crippen LogP contribution in [-0.2, 0) is 35.3 Å². The number of carbonyl (C=O) groups excluding carboxylic acids is 4. The van der Waals surface area contributed by atoms with E-state index in [0.717, 1.165) is 29.5 Å². The summed E-state index contributed by atoms with van der Waals surface area (Å²) >= 11 is 0. The average Bonchev–Trinajstić information content (AvgIpc) is 3.93. The lowest BCUT2D eigenvalue weighted by molar-refractivity contribution is -0.141. The summed E-state index contributed by atoms with van der Waals surface area (Å²) in [5.41, 5.74) is 2.70. The molecule has 48 heavy (non-hydrogen) atoms. The van der Waals surface area contributed by atoms with Crippen molar-refractivity contribution in [3.8, 4) is 0 Å². The summed E-state index contributed by atoms with van der Waals surface area (Å²) in [5.74, 6) is -4.66. The number of esters is 1. The summed E-state index contributed by atoms with van der Waals surface area (Å²) in [5, 5.41) is 2.63. The van der Waals surface area contributed by atoms with Crippen LogP contribution in [0.3, 0.4) is 0 Å². The molecule has 4 aliphatic rings. The number of fused-ring (bicyclic) bond motifs is 2. The van der Waals surface area contributed by atoms with Crippen LogP contribution in [-0.4, -0.2) is 78.7 Å². The third kappa shape index (κ3) is 6.96. The maximum Gasteiger partial charge on any atom is 0.417 e. The van der Waals surface area contributed by atoms with E-state index in [9.17, 15) is 45.2 Å². The Bertz CT molecular complexity index is 1600. The smallest absolute Gasteiger partial charge is 0.417 e. The van der Waals surface area contributed by atoms with Gasteiger partial charge in [-0.2, -0.15) is 13.2 Å². The Labute approximate surface area is 276 Å². The van der Waals surface area contributed by atoms with Crippen molar-refractivity contribution in [3.63, 3.8) is 0 Å². The van der Waals surface area contributed by atoms with Crippen molar-refractivity contribution in [2.45, 2.75) is 93.4 Å². The van der Waals surface area contributed by atoms with Gasteiger partial charge in [-0.3, -0.25) is 19.1 Å². The molecule has 2 aliphatic heterocycles. The van der Waals surface area contributed by atoms with E-state index in [4.69, 9.17) is 10.5 Å². The number of allylic oxidation sites excluding steroid dienone is 1. The highest BCUT2D eigenvalue weighted by molar-refractivity contribution is 7.91. The fraction of sp³-hybridized carbons (Fsp3) is 0.625. The van der Waals surface area contributed by atoms with E-state index in [-0.39, 0.29) is 44.1 Å². The van der Waals surface area contributed by atoms with E-state index in [2.05, 4.69) is 5.32 Å². The minimum absolute atomic E-state index is 0.0264. The highest BCUT2D eigenvalue weighted by atomic mass is 32.2. The van der Waals surface area contributed by atoms with Gasteiger partial charge in [0.25, 0.3) is 5.91 Å². The lowest BCUT2D eigenvalue weighted by atomic mass is 9.88. The Morgan fingerprint density at radius 3 is 2.48 bits per heavy atom. The first-order chi connectivity index (χ1) is 22.4. The second-order valence-electron chi connectivity index (χ2n) is 13.7. The molecule has 1 aromatic carbocycles. The van der Waals surface area contributed by atoms with Gasteiger partial charge in [-0.25, -0.2) is 17.6 Å². The molecule has 7 atom stereocenters. The maximum atomic E-state index is 13.9. The largest absolute Gasteiger partial charge is 0.457 e. The molecule has 3 amide bonds. The first-order valence-corrected chi connectivity index (χ1v) is 17.5. The summed E-state index contributed by atoms with van der Waals surface area (Å²) in [6, 6.07) is 1.63. The van der Waals surface area contributed by atoms with Crippen molar-refractivity contribution in [3.05, 3.63) is 47.5 Å². The molecular weight excluding hydrogens is 660 g/mol. The number of hydrogen-bond acceptors (Lipinski definition) is 8.